The molecule has 0 unspecified atom stereocenters. The van der Waals surface area contributed by atoms with Crippen molar-refractivity contribution in [1.82, 2.24) is 19.5 Å². The molecule has 0 amide bonds. The summed E-state index contributed by atoms with van der Waals surface area (Å²) >= 11 is 0. The Kier molecular flexibility index (Phi) is 2.57. The van der Waals surface area contributed by atoms with Crippen LogP contribution in [0, 0.1) is 13.8 Å². The number of rotatable bonds is 1. The average molecular weight is 233 g/mol. The van der Waals surface area contributed by atoms with E-state index in [0.717, 1.165) is 11.4 Å². The molecule has 0 fully saturated rings. The first-order chi connectivity index (χ1) is 7.91. The van der Waals surface area contributed by atoms with Gasteiger partial charge in [-0.25, -0.2) is 9.97 Å². The van der Waals surface area contributed by atoms with E-state index in [9.17, 15) is 4.79 Å². The minimum Gasteiger partial charge on any atom is -0.348 e. The van der Waals surface area contributed by atoms with E-state index in [0.29, 0.717) is 17.1 Å². The molecule has 17 heavy (non-hydrogen) atoms. The van der Waals surface area contributed by atoms with Gasteiger partial charge in [0.15, 0.2) is 11.2 Å². The summed E-state index contributed by atoms with van der Waals surface area (Å²) in [6.45, 7) is 3.69. The third kappa shape index (κ3) is 1.75. The van der Waals surface area contributed by atoms with Gasteiger partial charge in [-0.1, -0.05) is 0 Å². The predicted octanol–water partition coefficient (Wildman–Crippen LogP) is 0.406. The number of aryl methyl sites for hydroxylation is 2. The van der Waals surface area contributed by atoms with E-state index in [-0.39, 0.29) is 5.56 Å². The third-order valence-electron chi connectivity index (χ3n) is 2.70. The van der Waals surface area contributed by atoms with E-state index < -0.39 is 0 Å². The van der Waals surface area contributed by atoms with Crippen LogP contribution in [0.25, 0.3) is 11.2 Å². The maximum Gasteiger partial charge on any atom is 0.282 e. The minimum atomic E-state index is -0.172. The maximum atomic E-state index is 12.1. The fraction of sp³-hybridized carbons (Fsp3) is 0.455. The molecule has 0 saturated heterocycles. The van der Waals surface area contributed by atoms with Gasteiger partial charge < -0.3 is 4.90 Å². The van der Waals surface area contributed by atoms with Crippen molar-refractivity contribution < 1.29 is 0 Å². The zero-order valence-corrected chi connectivity index (χ0v) is 10.6. The first kappa shape index (κ1) is 11.5. The Morgan fingerprint density at radius 1 is 1.06 bits per heavy atom. The molecular formula is C11H15N5O. The zero-order valence-electron chi connectivity index (χ0n) is 10.6. The number of hydrogen-bond acceptors (Lipinski definition) is 5. The van der Waals surface area contributed by atoms with E-state index in [2.05, 4.69) is 15.0 Å². The van der Waals surface area contributed by atoms with E-state index >= 15 is 0 Å². The molecule has 2 rings (SSSR count). The number of aromatic nitrogens is 4. The molecule has 0 atom stereocenters. The van der Waals surface area contributed by atoms with Crippen molar-refractivity contribution in [3.05, 3.63) is 21.7 Å². The molecule has 0 aliphatic carbocycles. The SMILES string of the molecule is Cc1nc2nc(N(C)C)n(C)c(=O)c2nc1C. The summed E-state index contributed by atoms with van der Waals surface area (Å²) in [6.07, 6.45) is 0. The summed E-state index contributed by atoms with van der Waals surface area (Å²) in [5.41, 5.74) is 2.10. The molecule has 2 aromatic rings. The highest BCUT2D eigenvalue weighted by Gasteiger charge is 2.12. The van der Waals surface area contributed by atoms with Crippen molar-refractivity contribution in [2.24, 2.45) is 7.05 Å². The fourth-order valence-electron chi connectivity index (χ4n) is 1.63. The Morgan fingerprint density at radius 3 is 2.24 bits per heavy atom. The molecule has 0 saturated carbocycles. The van der Waals surface area contributed by atoms with Gasteiger partial charge in [-0.05, 0) is 13.8 Å². The minimum absolute atomic E-state index is 0.172. The van der Waals surface area contributed by atoms with E-state index in [4.69, 9.17) is 0 Å². The second kappa shape index (κ2) is 3.80. The first-order valence-corrected chi connectivity index (χ1v) is 5.31. The largest absolute Gasteiger partial charge is 0.348 e. The molecule has 90 valence electrons. The second-order valence-electron chi connectivity index (χ2n) is 4.24. The molecule has 0 aromatic carbocycles. The molecule has 0 spiro atoms. The average Bonchev–Trinajstić information content (AvgIpc) is 2.26. The van der Waals surface area contributed by atoms with Crippen molar-refractivity contribution in [2.45, 2.75) is 13.8 Å². The number of fused-ring (bicyclic) bond motifs is 1. The van der Waals surface area contributed by atoms with Crippen LogP contribution >= 0.6 is 0 Å². The van der Waals surface area contributed by atoms with Crippen LogP contribution in [0.1, 0.15) is 11.4 Å². The summed E-state index contributed by atoms with van der Waals surface area (Å²) in [5.74, 6) is 0.569. The van der Waals surface area contributed by atoms with Crippen molar-refractivity contribution in [3.63, 3.8) is 0 Å². The van der Waals surface area contributed by atoms with E-state index in [1.54, 1.807) is 11.9 Å². The Morgan fingerprint density at radius 2 is 1.65 bits per heavy atom. The highest BCUT2D eigenvalue weighted by Crippen LogP contribution is 2.10. The fourth-order valence-corrected chi connectivity index (χ4v) is 1.63. The molecule has 6 nitrogen and oxygen atoms in total. The van der Waals surface area contributed by atoms with Crippen molar-refractivity contribution >= 4 is 17.1 Å². The molecule has 2 heterocycles. The van der Waals surface area contributed by atoms with Crippen LogP contribution in [0.3, 0.4) is 0 Å². The number of anilines is 1. The van der Waals surface area contributed by atoms with Crippen LogP contribution in [0.5, 0.6) is 0 Å². The van der Waals surface area contributed by atoms with E-state index in [1.165, 1.54) is 4.57 Å². The van der Waals surface area contributed by atoms with Gasteiger partial charge in [0.25, 0.3) is 5.56 Å². The molecule has 0 bridgehead atoms. The molecular weight excluding hydrogens is 218 g/mol. The van der Waals surface area contributed by atoms with Gasteiger partial charge >= 0.3 is 0 Å². The second-order valence-corrected chi connectivity index (χ2v) is 4.24. The monoisotopic (exact) mass is 233 g/mol. The van der Waals surface area contributed by atoms with Crippen LogP contribution in [0.4, 0.5) is 5.95 Å². The van der Waals surface area contributed by atoms with Gasteiger partial charge in [0, 0.05) is 21.1 Å². The quantitative estimate of drug-likeness (QED) is 0.713. The zero-order chi connectivity index (χ0) is 12.7. The highest BCUT2D eigenvalue weighted by atomic mass is 16.1. The topological polar surface area (TPSA) is 63.9 Å². The van der Waals surface area contributed by atoms with Crippen LogP contribution in [0.15, 0.2) is 4.79 Å². The molecule has 0 aliphatic heterocycles. The number of nitrogens with zero attached hydrogens (tertiary/aromatic N) is 5. The normalized spacial score (nSPS) is 10.9. The Balaban J connectivity index is 2.91. The smallest absolute Gasteiger partial charge is 0.282 e. The lowest BCUT2D eigenvalue weighted by Crippen LogP contribution is -2.27. The van der Waals surface area contributed by atoms with E-state index in [1.807, 2.05) is 27.9 Å². The summed E-state index contributed by atoms with van der Waals surface area (Å²) in [5, 5.41) is 0. The molecule has 6 heteroatoms. The number of hydrogen-bond donors (Lipinski definition) is 0. The van der Waals surface area contributed by atoms with Crippen LogP contribution in [-0.4, -0.2) is 33.6 Å². The molecule has 0 aliphatic rings. The van der Waals surface area contributed by atoms with Crippen molar-refractivity contribution in [1.29, 1.82) is 0 Å². The van der Waals surface area contributed by atoms with Gasteiger partial charge in [-0.2, -0.15) is 4.98 Å². The molecule has 0 radical (unpaired) electrons. The van der Waals surface area contributed by atoms with Gasteiger partial charge in [0.05, 0.1) is 11.4 Å². The Bertz CT molecular complexity index is 644. The summed E-state index contributed by atoms with van der Waals surface area (Å²) < 4.78 is 1.48. The van der Waals surface area contributed by atoms with Crippen molar-refractivity contribution in [3.8, 4) is 0 Å². The third-order valence-corrected chi connectivity index (χ3v) is 2.70. The van der Waals surface area contributed by atoms with Crippen LogP contribution in [-0.2, 0) is 7.05 Å². The first-order valence-electron chi connectivity index (χ1n) is 5.31. The van der Waals surface area contributed by atoms with Gasteiger partial charge in [0.1, 0.15) is 0 Å². The maximum absolute atomic E-state index is 12.1. The summed E-state index contributed by atoms with van der Waals surface area (Å²) in [4.78, 5) is 26.8. The summed E-state index contributed by atoms with van der Waals surface area (Å²) in [6, 6.07) is 0. The predicted molar refractivity (Wildman–Crippen MR) is 66.4 cm³/mol. The van der Waals surface area contributed by atoms with Crippen LogP contribution < -0.4 is 10.5 Å². The van der Waals surface area contributed by atoms with Crippen molar-refractivity contribution in [2.75, 3.05) is 19.0 Å². The standard InChI is InChI=1S/C11H15N5O/c1-6-7(2)13-9-8(12-6)10(17)16(5)11(14-9)15(3)4/h1-5H3. The lowest BCUT2D eigenvalue weighted by Gasteiger charge is -2.15. The lowest BCUT2D eigenvalue weighted by atomic mass is 10.3. The van der Waals surface area contributed by atoms with Gasteiger partial charge in [0.2, 0.25) is 5.95 Å². The molecule has 0 N–H and O–H groups in total. The van der Waals surface area contributed by atoms with Gasteiger partial charge in [-0.15, -0.1) is 0 Å². The summed E-state index contributed by atoms with van der Waals surface area (Å²) in [7, 11) is 5.35. The van der Waals surface area contributed by atoms with Crippen LogP contribution in [0.2, 0.25) is 0 Å². The Hall–Kier alpha value is -1.98. The highest BCUT2D eigenvalue weighted by molar-refractivity contribution is 5.70. The van der Waals surface area contributed by atoms with Gasteiger partial charge in [-0.3, -0.25) is 9.36 Å². The molecule has 2 aromatic heterocycles. The Labute approximate surface area is 98.9 Å². The lowest BCUT2D eigenvalue weighted by molar-refractivity contribution is 0.801.